The molecular formula is C19H18N2O3. The van der Waals surface area contributed by atoms with Crippen molar-refractivity contribution in [1.82, 2.24) is 9.13 Å². The maximum Gasteiger partial charge on any atom is 0.328 e. The van der Waals surface area contributed by atoms with Crippen molar-refractivity contribution < 1.29 is 9.90 Å². The van der Waals surface area contributed by atoms with Gasteiger partial charge >= 0.3 is 11.7 Å². The van der Waals surface area contributed by atoms with Crippen LogP contribution >= 0.6 is 0 Å². The lowest BCUT2D eigenvalue weighted by molar-refractivity contribution is -0.136. The van der Waals surface area contributed by atoms with Gasteiger partial charge in [-0.15, -0.1) is 0 Å². The van der Waals surface area contributed by atoms with Crippen LogP contribution in [-0.4, -0.2) is 20.2 Å². The highest BCUT2D eigenvalue weighted by Gasteiger charge is 2.14. The smallest absolute Gasteiger partial charge is 0.328 e. The first-order chi connectivity index (χ1) is 11.6. The van der Waals surface area contributed by atoms with Gasteiger partial charge in [0.1, 0.15) is 0 Å². The van der Waals surface area contributed by atoms with Gasteiger partial charge in [-0.05, 0) is 11.1 Å². The third-order valence-electron chi connectivity index (χ3n) is 3.84. The molecule has 0 aliphatic rings. The molecule has 0 amide bonds. The third-order valence-corrected chi connectivity index (χ3v) is 3.84. The molecule has 122 valence electrons. The Bertz CT molecular complexity index is 880. The van der Waals surface area contributed by atoms with Crippen LogP contribution < -0.4 is 5.69 Å². The molecule has 1 aromatic heterocycles. The topological polar surface area (TPSA) is 64.2 Å². The van der Waals surface area contributed by atoms with Crippen molar-refractivity contribution in [2.75, 3.05) is 0 Å². The van der Waals surface area contributed by atoms with Gasteiger partial charge in [0.25, 0.3) is 0 Å². The van der Waals surface area contributed by atoms with Crippen molar-refractivity contribution in [1.29, 1.82) is 0 Å². The largest absolute Gasteiger partial charge is 0.481 e. The highest BCUT2D eigenvalue weighted by Crippen LogP contribution is 2.08. The number of carboxylic acid groups (broad SMARTS) is 1. The van der Waals surface area contributed by atoms with Crippen LogP contribution in [-0.2, 0) is 24.3 Å². The molecule has 5 nitrogen and oxygen atoms in total. The predicted octanol–water partition coefficient (Wildman–Crippen LogP) is 2.37. The predicted molar refractivity (Wildman–Crippen MR) is 91.1 cm³/mol. The third kappa shape index (κ3) is 3.63. The molecule has 5 heteroatoms. The van der Waals surface area contributed by atoms with E-state index in [9.17, 15) is 9.59 Å². The van der Waals surface area contributed by atoms with Crippen molar-refractivity contribution in [2.45, 2.75) is 19.5 Å². The van der Waals surface area contributed by atoms with Gasteiger partial charge in [0.2, 0.25) is 0 Å². The van der Waals surface area contributed by atoms with Crippen LogP contribution in [0.15, 0.2) is 71.7 Å². The summed E-state index contributed by atoms with van der Waals surface area (Å²) in [7, 11) is 0. The van der Waals surface area contributed by atoms with Gasteiger partial charge in [-0.3, -0.25) is 13.9 Å². The molecular weight excluding hydrogens is 304 g/mol. The number of rotatable bonds is 6. The Morgan fingerprint density at radius 3 is 1.96 bits per heavy atom. The van der Waals surface area contributed by atoms with E-state index in [0.29, 0.717) is 18.8 Å². The Morgan fingerprint density at radius 2 is 1.42 bits per heavy atom. The Morgan fingerprint density at radius 1 is 0.875 bits per heavy atom. The van der Waals surface area contributed by atoms with E-state index < -0.39 is 5.97 Å². The minimum atomic E-state index is -0.950. The van der Waals surface area contributed by atoms with Crippen LogP contribution in [0, 0.1) is 0 Å². The molecule has 1 N–H and O–H groups in total. The summed E-state index contributed by atoms with van der Waals surface area (Å²) in [6.45, 7) is 0.790. The highest BCUT2D eigenvalue weighted by molar-refractivity contribution is 5.69. The Balaban J connectivity index is 1.96. The van der Waals surface area contributed by atoms with Crippen LogP contribution in [0.3, 0.4) is 0 Å². The number of nitrogens with zero attached hydrogens (tertiary/aromatic N) is 2. The standard InChI is InChI=1S/C19H18N2O3/c22-18(23)11-17-14-20(12-15-7-3-1-4-8-15)19(24)21(17)13-16-9-5-2-6-10-16/h1-10,14H,11-13H2,(H,22,23). The Labute approximate surface area is 139 Å². The van der Waals surface area contributed by atoms with Crippen molar-refractivity contribution in [2.24, 2.45) is 0 Å². The number of aliphatic carboxylic acids is 1. The summed E-state index contributed by atoms with van der Waals surface area (Å²) in [5.74, 6) is -0.950. The van der Waals surface area contributed by atoms with Crippen molar-refractivity contribution in [3.63, 3.8) is 0 Å². The average molecular weight is 322 g/mol. The van der Waals surface area contributed by atoms with Crippen LogP contribution in [0.5, 0.6) is 0 Å². The second-order valence-corrected chi connectivity index (χ2v) is 5.66. The van der Waals surface area contributed by atoms with Crippen LogP contribution in [0.4, 0.5) is 0 Å². The fourth-order valence-electron chi connectivity index (χ4n) is 2.71. The van der Waals surface area contributed by atoms with E-state index in [1.165, 1.54) is 4.57 Å². The van der Waals surface area contributed by atoms with Gasteiger partial charge in [-0.2, -0.15) is 0 Å². The number of aromatic nitrogens is 2. The van der Waals surface area contributed by atoms with Gasteiger partial charge in [-0.25, -0.2) is 4.79 Å². The first-order valence-electron chi connectivity index (χ1n) is 7.72. The first-order valence-corrected chi connectivity index (χ1v) is 7.72. The lowest BCUT2D eigenvalue weighted by Crippen LogP contribution is -2.26. The lowest BCUT2D eigenvalue weighted by Gasteiger charge is -2.05. The zero-order valence-corrected chi connectivity index (χ0v) is 13.1. The maximum atomic E-state index is 12.7. The van der Waals surface area contributed by atoms with E-state index in [-0.39, 0.29) is 12.1 Å². The maximum absolute atomic E-state index is 12.7. The van der Waals surface area contributed by atoms with Crippen LogP contribution in [0.25, 0.3) is 0 Å². The highest BCUT2D eigenvalue weighted by atomic mass is 16.4. The molecule has 3 rings (SSSR count). The molecule has 0 fully saturated rings. The minimum absolute atomic E-state index is 0.177. The molecule has 0 spiro atoms. The van der Waals surface area contributed by atoms with E-state index in [0.717, 1.165) is 11.1 Å². The Hall–Kier alpha value is -3.08. The summed E-state index contributed by atoms with van der Waals surface area (Å²) in [6.07, 6.45) is 1.47. The van der Waals surface area contributed by atoms with Crippen LogP contribution in [0.1, 0.15) is 16.8 Å². The molecule has 3 aromatic rings. The molecule has 0 aliphatic heterocycles. The van der Waals surface area contributed by atoms with Gasteiger partial charge in [-0.1, -0.05) is 60.7 Å². The molecule has 0 saturated heterocycles. The van der Waals surface area contributed by atoms with Gasteiger partial charge in [0.05, 0.1) is 25.2 Å². The summed E-state index contributed by atoms with van der Waals surface area (Å²) in [6, 6.07) is 19.2. The SMILES string of the molecule is O=C(O)Cc1cn(Cc2ccccc2)c(=O)n1Cc1ccccc1. The molecule has 0 aliphatic carbocycles. The monoisotopic (exact) mass is 322 g/mol. The fraction of sp³-hybridized carbons (Fsp3) is 0.158. The second-order valence-electron chi connectivity index (χ2n) is 5.66. The lowest BCUT2D eigenvalue weighted by atomic mass is 10.2. The van der Waals surface area contributed by atoms with Crippen molar-refractivity contribution in [3.05, 3.63) is 94.2 Å². The summed E-state index contributed by atoms with van der Waals surface area (Å²) < 4.78 is 3.10. The van der Waals surface area contributed by atoms with Crippen molar-refractivity contribution in [3.8, 4) is 0 Å². The van der Waals surface area contributed by atoms with E-state index in [2.05, 4.69) is 0 Å². The molecule has 0 atom stereocenters. The molecule has 0 bridgehead atoms. The summed E-state index contributed by atoms with van der Waals surface area (Å²) in [4.78, 5) is 23.8. The number of imidazole rings is 1. The number of carbonyl (C=O) groups is 1. The normalized spacial score (nSPS) is 10.7. The van der Waals surface area contributed by atoms with E-state index in [1.807, 2.05) is 60.7 Å². The number of carboxylic acids is 1. The Kier molecular flexibility index (Phi) is 4.61. The molecule has 24 heavy (non-hydrogen) atoms. The first kappa shape index (κ1) is 15.8. The quantitative estimate of drug-likeness (QED) is 0.758. The zero-order valence-electron chi connectivity index (χ0n) is 13.1. The number of hydrogen-bond acceptors (Lipinski definition) is 2. The molecule has 1 heterocycles. The number of benzene rings is 2. The molecule has 0 unspecified atom stereocenters. The summed E-state index contributed by atoms with van der Waals surface area (Å²) in [5, 5.41) is 9.12. The van der Waals surface area contributed by atoms with Crippen LogP contribution in [0.2, 0.25) is 0 Å². The molecule has 0 saturated carbocycles. The van der Waals surface area contributed by atoms with Gasteiger partial charge < -0.3 is 5.11 Å². The van der Waals surface area contributed by atoms with Gasteiger partial charge in [0.15, 0.2) is 0 Å². The minimum Gasteiger partial charge on any atom is -0.481 e. The van der Waals surface area contributed by atoms with E-state index >= 15 is 0 Å². The average Bonchev–Trinajstić information content (AvgIpc) is 2.85. The molecule has 2 aromatic carbocycles. The van der Waals surface area contributed by atoms with E-state index in [4.69, 9.17) is 5.11 Å². The van der Waals surface area contributed by atoms with Crippen molar-refractivity contribution >= 4 is 5.97 Å². The summed E-state index contributed by atoms with van der Waals surface area (Å²) >= 11 is 0. The van der Waals surface area contributed by atoms with E-state index in [1.54, 1.807) is 10.8 Å². The van der Waals surface area contributed by atoms with Gasteiger partial charge in [0, 0.05) is 6.20 Å². The molecule has 0 radical (unpaired) electrons. The summed E-state index contributed by atoms with van der Waals surface area (Å²) in [5.41, 5.74) is 2.27. The zero-order chi connectivity index (χ0) is 16.9. The number of hydrogen-bond donors (Lipinski definition) is 1. The second kappa shape index (κ2) is 7.00. The fourth-order valence-corrected chi connectivity index (χ4v) is 2.71.